The summed E-state index contributed by atoms with van der Waals surface area (Å²) >= 11 is 25.0. The number of carbonyl (C=O) groups is 3. The lowest BCUT2D eigenvalue weighted by Gasteiger charge is -2.36. The van der Waals surface area contributed by atoms with Gasteiger partial charge >= 0.3 is 0 Å². The molecule has 0 saturated carbocycles. The molecule has 0 bridgehead atoms. The van der Waals surface area contributed by atoms with E-state index in [1.54, 1.807) is 24.3 Å². The van der Waals surface area contributed by atoms with Crippen LogP contribution in [0.1, 0.15) is 18.4 Å². The minimum Gasteiger partial charge on any atom is -0.326 e. The predicted octanol–water partition coefficient (Wildman–Crippen LogP) is 4.47. The number of halogens is 4. The van der Waals surface area contributed by atoms with Gasteiger partial charge in [-0.2, -0.15) is 0 Å². The Morgan fingerprint density at radius 1 is 1.06 bits per heavy atom. The van der Waals surface area contributed by atoms with Gasteiger partial charge < -0.3 is 10.6 Å². The van der Waals surface area contributed by atoms with Crippen molar-refractivity contribution in [3.63, 3.8) is 0 Å². The second kappa shape index (κ2) is 9.10. The molecule has 35 heavy (non-hydrogen) atoms. The minimum absolute atomic E-state index is 0.251. The van der Waals surface area contributed by atoms with Gasteiger partial charge in [0, 0.05) is 32.4 Å². The minimum atomic E-state index is -1.50. The normalized spacial score (nSPS) is 27.0. The van der Waals surface area contributed by atoms with Crippen LogP contribution >= 0.6 is 46.4 Å². The first-order chi connectivity index (χ1) is 16.7. The van der Waals surface area contributed by atoms with Gasteiger partial charge in [0.15, 0.2) is 0 Å². The Morgan fingerprint density at radius 2 is 1.74 bits per heavy atom. The van der Waals surface area contributed by atoms with Crippen molar-refractivity contribution < 1.29 is 19.2 Å². The largest absolute Gasteiger partial charge is 0.326 e. The summed E-state index contributed by atoms with van der Waals surface area (Å²) in [4.78, 5) is 47.9. The molecule has 3 N–H and O–H groups in total. The molecule has 3 aliphatic heterocycles. The Kier molecular flexibility index (Phi) is 6.40. The molecule has 0 radical (unpaired) electrons. The van der Waals surface area contributed by atoms with Crippen molar-refractivity contribution in [1.82, 2.24) is 10.4 Å². The van der Waals surface area contributed by atoms with E-state index in [-0.39, 0.29) is 5.02 Å². The number of anilines is 2. The molecule has 8 nitrogen and oxygen atoms in total. The fourth-order valence-corrected chi connectivity index (χ4v) is 6.95. The van der Waals surface area contributed by atoms with Crippen LogP contribution < -0.4 is 16.1 Å². The maximum atomic E-state index is 13.8. The molecule has 0 aliphatic carbocycles. The molecule has 0 aromatic heterocycles. The van der Waals surface area contributed by atoms with Gasteiger partial charge in [-0.15, -0.1) is 0 Å². The summed E-state index contributed by atoms with van der Waals surface area (Å²) in [6.07, 6.45) is 1.36. The van der Waals surface area contributed by atoms with Gasteiger partial charge in [0.2, 0.25) is 11.8 Å². The van der Waals surface area contributed by atoms with Gasteiger partial charge in [-0.1, -0.05) is 46.4 Å². The third-order valence-electron chi connectivity index (χ3n) is 6.94. The van der Waals surface area contributed by atoms with Crippen molar-refractivity contribution in [1.29, 1.82) is 0 Å². The van der Waals surface area contributed by atoms with E-state index < -0.39 is 41.1 Å². The van der Waals surface area contributed by atoms with E-state index in [0.717, 1.165) is 6.42 Å². The Bertz CT molecular complexity index is 1240. The molecule has 2 aromatic carbocycles. The van der Waals surface area contributed by atoms with Crippen LogP contribution in [0.15, 0.2) is 30.3 Å². The number of fused-ring (bicyclic) bond motifs is 4. The number of hydrogen-bond donors (Lipinski definition) is 3. The molecule has 3 aliphatic rings. The Balaban J connectivity index is 1.66. The Hall–Kier alpha value is -2.07. The number of nitrogens with zero attached hydrogens (tertiary/aromatic N) is 1. The molecular weight excluding hydrogens is 538 g/mol. The van der Waals surface area contributed by atoms with E-state index in [2.05, 4.69) is 16.1 Å². The summed E-state index contributed by atoms with van der Waals surface area (Å²) in [7, 11) is 1.29. The fraction of sp³-hybridized carbons (Fsp3) is 0.348. The van der Waals surface area contributed by atoms with E-state index in [1.165, 1.54) is 13.2 Å². The van der Waals surface area contributed by atoms with Gasteiger partial charge in [-0.3, -0.25) is 24.1 Å². The maximum Gasteiger partial charge on any atom is 0.250 e. The van der Waals surface area contributed by atoms with E-state index in [0.29, 0.717) is 45.0 Å². The van der Waals surface area contributed by atoms with Gasteiger partial charge in [0.25, 0.3) is 5.91 Å². The third kappa shape index (κ3) is 3.79. The molecular formula is C23H20Cl4N4O4. The monoisotopic (exact) mass is 556 g/mol. The SMILES string of the molecule is CONC(=O)C1C(C(=O)Nc2cc(Cl)cc(Cl)c2)C2CCCN2C12C(=O)Nc1c(Cl)cc(Cl)cc12. The lowest BCUT2D eigenvalue weighted by molar-refractivity contribution is -0.146. The zero-order valence-electron chi connectivity index (χ0n) is 18.3. The molecule has 1 spiro atoms. The zero-order valence-corrected chi connectivity index (χ0v) is 21.4. The smallest absolute Gasteiger partial charge is 0.250 e. The van der Waals surface area contributed by atoms with E-state index >= 15 is 0 Å². The summed E-state index contributed by atoms with van der Waals surface area (Å²) in [6.45, 7) is 0.505. The highest BCUT2D eigenvalue weighted by Crippen LogP contribution is 2.59. The van der Waals surface area contributed by atoms with Crippen molar-refractivity contribution in [2.45, 2.75) is 24.4 Å². The number of hydroxylamine groups is 1. The average Bonchev–Trinajstić information content (AvgIpc) is 3.42. The lowest BCUT2D eigenvalue weighted by atomic mass is 9.73. The second-order valence-corrected chi connectivity index (χ2v) is 10.5. The number of benzene rings is 2. The highest BCUT2D eigenvalue weighted by atomic mass is 35.5. The second-order valence-electron chi connectivity index (χ2n) is 8.75. The van der Waals surface area contributed by atoms with E-state index in [1.807, 2.05) is 4.90 Å². The van der Waals surface area contributed by atoms with Crippen molar-refractivity contribution in [3.05, 3.63) is 56.0 Å². The first-order valence-corrected chi connectivity index (χ1v) is 12.4. The Labute approximate surface area is 221 Å². The molecule has 3 amide bonds. The first kappa shape index (κ1) is 24.6. The summed E-state index contributed by atoms with van der Waals surface area (Å²) in [5.74, 6) is -3.54. The molecule has 184 valence electrons. The number of amides is 3. The molecule has 2 saturated heterocycles. The highest BCUT2D eigenvalue weighted by Gasteiger charge is 2.71. The zero-order chi connectivity index (χ0) is 25.1. The van der Waals surface area contributed by atoms with Crippen molar-refractivity contribution in [2.75, 3.05) is 24.3 Å². The molecule has 4 unspecified atom stereocenters. The van der Waals surface area contributed by atoms with Crippen LogP contribution in [-0.2, 0) is 24.8 Å². The van der Waals surface area contributed by atoms with E-state index in [9.17, 15) is 14.4 Å². The van der Waals surface area contributed by atoms with Gasteiger partial charge in [0.1, 0.15) is 5.54 Å². The molecule has 4 atom stereocenters. The van der Waals surface area contributed by atoms with Crippen LogP contribution in [0.2, 0.25) is 20.1 Å². The molecule has 2 fully saturated rings. The summed E-state index contributed by atoms with van der Waals surface area (Å²) in [5, 5.41) is 6.92. The van der Waals surface area contributed by atoms with Crippen molar-refractivity contribution >= 4 is 75.5 Å². The van der Waals surface area contributed by atoms with Crippen molar-refractivity contribution in [2.24, 2.45) is 11.8 Å². The van der Waals surface area contributed by atoms with Gasteiger partial charge in [-0.25, -0.2) is 5.48 Å². The quantitative estimate of drug-likeness (QED) is 0.481. The highest BCUT2D eigenvalue weighted by molar-refractivity contribution is 6.38. The topological polar surface area (TPSA) is 99.8 Å². The fourth-order valence-electron chi connectivity index (χ4n) is 5.89. The third-order valence-corrected chi connectivity index (χ3v) is 7.90. The van der Waals surface area contributed by atoms with Crippen LogP contribution in [0.25, 0.3) is 0 Å². The molecule has 3 heterocycles. The van der Waals surface area contributed by atoms with Crippen LogP contribution in [0, 0.1) is 11.8 Å². The van der Waals surface area contributed by atoms with Crippen LogP contribution in [0.4, 0.5) is 11.4 Å². The number of nitrogens with one attached hydrogen (secondary N) is 3. The molecule has 5 rings (SSSR count). The first-order valence-electron chi connectivity index (χ1n) is 10.9. The summed E-state index contributed by atoms with van der Waals surface area (Å²) < 4.78 is 0. The number of rotatable bonds is 4. The van der Waals surface area contributed by atoms with Crippen molar-refractivity contribution in [3.8, 4) is 0 Å². The summed E-state index contributed by atoms with van der Waals surface area (Å²) in [5.41, 5.74) is 2.07. The number of carbonyl (C=O) groups excluding carboxylic acids is 3. The van der Waals surface area contributed by atoms with Crippen LogP contribution in [-0.4, -0.2) is 42.3 Å². The summed E-state index contributed by atoms with van der Waals surface area (Å²) in [6, 6.07) is 7.42. The maximum absolute atomic E-state index is 13.8. The molecule has 12 heteroatoms. The van der Waals surface area contributed by atoms with Gasteiger partial charge in [-0.05, 0) is 49.7 Å². The van der Waals surface area contributed by atoms with E-state index in [4.69, 9.17) is 51.2 Å². The standard InChI is InChI=1S/C23H20Cl4N4O4/c1-35-30-21(33)18-17(20(32)28-13-6-10(24)5-11(25)7-13)16-3-2-4-31(16)23(18)14-8-12(26)9-15(27)19(14)29-22(23)34/h5-9,16-18H,2-4H2,1H3,(H,28,32)(H,29,34)(H,30,33). The van der Waals surface area contributed by atoms with Gasteiger partial charge in [0.05, 0.1) is 29.7 Å². The predicted molar refractivity (Wildman–Crippen MR) is 134 cm³/mol. The number of hydrogen-bond acceptors (Lipinski definition) is 5. The average molecular weight is 558 g/mol. The van der Waals surface area contributed by atoms with Crippen LogP contribution in [0.5, 0.6) is 0 Å². The van der Waals surface area contributed by atoms with Crippen LogP contribution in [0.3, 0.4) is 0 Å². The lowest BCUT2D eigenvalue weighted by Crippen LogP contribution is -2.55. The molecule has 2 aromatic rings. The Morgan fingerprint density at radius 3 is 2.43 bits per heavy atom.